The maximum absolute atomic E-state index is 11.3. The highest BCUT2D eigenvalue weighted by Gasteiger charge is 2.08. The third-order valence-electron chi connectivity index (χ3n) is 2.74. The van der Waals surface area contributed by atoms with Crippen molar-refractivity contribution in [3.8, 4) is 0 Å². The Hall–Kier alpha value is -1.75. The van der Waals surface area contributed by atoms with Crippen LogP contribution in [0.3, 0.4) is 0 Å². The fourth-order valence-electron chi connectivity index (χ4n) is 1.74. The number of rotatable bonds is 4. The molecule has 2 N–H and O–H groups in total. The van der Waals surface area contributed by atoms with Crippen molar-refractivity contribution in [3.63, 3.8) is 0 Å². The zero-order valence-electron chi connectivity index (χ0n) is 10.8. The Kier molecular flexibility index (Phi) is 4.27. The van der Waals surface area contributed by atoms with Gasteiger partial charge in [-0.3, -0.25) is 0 Å². The Labute approximate surface area is 120 Å². The molecule has 0 aliphatic heterocycles. The molecule has 0 saturated carbocycles. The first-order valence-electron chi connectivity index (χ1n) is 5.86. The lowest BCUT2D eigenvalue weighted by Crippen LogP contribution is -2.04. The highest BCUT2D eigenvalue weighted by Crippen LogP contribution is 2.23. The number of carbonyl (C=O) groups is 1. The molecule has 0 radical (unpaired) electrons. The highest BCUT2D eigenvalue weighted by molar-refractivity contribution is 9.10. The Bertz CT molecular complexity index is 593. The molecule has 1 aromatic heterocycles. The van der Waals surface area contributed by atoms with Gasteiger partial charge in [0.25, 0.3) is 0 Å². The van der Waals surface area contributed by atoms with Crippen molar-refractivity contribution < 1.29 is 9.53 Å². The number of methoxy groups -OCH3 is 1. The third-order valence-corrected chi connectivity index (χ3v) is 3.43. The largest absolute Gasteiger partial charge is 0.464 e. The Balaban J connectivity index is 2.04. The van der Waals surface area contributed by atoms with E-state index in [1.165, 1.54) is 12.7 Å². The third kappa shape index (κ3) is 3.38. The zero-order valence-corrected chi connectivity index (χ0v) is 12.4. The summed E-state index contributed by atoms with van der Waals surface area (Å²) in [5.74, 6) is -0.358. The van der Waals surface area contributed by atoms with Gasteiger partial charge in [-0.2, -0.15) is 0 Å². The average molecular weight is 323 g/mol. The molecule has 1 aromatic carbocycles. The molecule has 2 aromatic rings. The second-order valence-electron chi connectivity index (χ2n) is 4.23. The van der Waals surface area contributed by atoms with Gasteiger partial charge >= 0.3 is 5.97 Å². The zero-order chi connectivity index (χ0) is 13.8. The molecule has 2 rings (SSSR count). The van der Waals surface area contributed by atoms with Crippen molar-refractivity contribution in [2.24, 2.45) is 0 Å². The summed E-state index contributed by atoms with van der Waals surface area (Å²) in [5.41, 5.74) is 3.60. The van der Waals surface area contributed by atoms with Gasteiger partial charge in [0.2, 0.25) is 0 Å². The normalized spacial score (nSPS) is 10.3. The summed E-state index contributed by atoms with van der Waals surface area (Å²) in [5, 5.41) is 3.31. The standard InChI is InChI=1S/C14H15BrN2O2/c1-9-3-5-11(15)13(7-9)16-8-10-4-6-12(17-10)14(18)19-2/h3-7,16-17H,8H2,1-2H3. The van der Waals surface area contributed by atoms with Crippen molar-refractivity contribution in [1.82, 2.24) is 4.98 Å². The predicted octanol–water partition coefficient (Wildman–Crippen LogP) is 3.48. The summed E-state index contributed by atoms with van der Waals surface area (Å²) >= 11 is 3.50. The number of anilines is 1. The fourth-order valence-corrected chi connectivity index (χ4v) is 2.12. The van der Waals surface area contributed by atoms with Gasteiger partial charge in [0.05, 0.1) is 13.7 Å². The lowest BCUT2D eigenvalue weighted by molar-refractivity contribution is 0.0594. The number of nitrogens with one attached hydrogen (secondary N) is 2. The number of esters is 1. The number of halogens is 1. The SMILES string of the molecule is COC(=O)c1ccc(CNc2cc(C)ccc2Br)[nH]1. The quantitative estimate of drug-likeness (QED) is 0.847. The number of aromatic amines is 1. The average Bonchev–Trinajstić information content (AvgIpc) is 2.88. The second-order valence-corrected chi connectivity index (χ2v) is 5.08. The van der Waals surface area contributed by atoms with Crippen molar-refractivity contribution in [3.05, 3.63) is 51.8 Å². The van der Waals surface area contributed by atoms with Crippen LogP contribution in [0.25, 0.3) is 0 Å². The molecule has 0 aliphatic carbocycles. The molecule has 19 heavy (non-hydrogen) atoms. The Morgan fingerprint density at radius 3 is 2.89 bits per heavy atom. The van der Waals surface area contributed by atoms with E-state index in [-0.39, 0.29) is 5.97 Å². The summed E-state index contributed by atoms with van der Waals surface area (Å²) in [4.78, 5) is 14.3. The Morgan fingerprint density at radius 1 is 1.37 bits per heavy atom. The van der Waals surface area contributed by atoms with Gasteiger partial charge in [0, 0.05) is 15.9 Å². The maximum atomic E-state index is 11.3. The lowest BCUT2D eigenvalue weighted by atomic mass is 10.2. The van der Waals surface area contributed by atoms with Crippen LogP contribution in [0, 0.1) is 6.92 Å². The molecule has 0 aliphatic rings. The number of hydrogen-bond acceptors (Lipinski definition) is 3. The van der Waals surface area contributed by atoms with Gasteiger partial charge in [-0.15, -0.1) is 0 Å². The second kappa shape index (κ2) is 5.93. The molecular formula is C14H15BrN2O2. The molecule has 1 heterocycles. The van der Waals surface area contributed by atoms with E-state index in [0.29, 0.717) is 12.2 Å². The van der Waals surface area contributed by atoms with Gasteiger partial charge in [0.1, 0.15) is 5.69 Å². The van der Waals surface area contributed by atoms with Crippen LogP contribution >= 0.6 is 15.9 Å². The minimum absolute atomic E-state index is 0.358. The molecule has 0 fully saturated rings. The van der Waals surface area contributed by atoms with Crippen LogP contribution in [0.5, 0.6) is 0 Å². The van der Waals surface area contributed by atoms with E-state index in [0.717, 1.165) is 15.9 Å². The number of hydrogen-bond donors (Lipinski definition) is 2. The summed E-state index contributed by atoms with van der Waals surface area (Å²) in [6.07, 6.45) is 0. The molecule has 4 nitrogen and oxygen atoms in total. The van der Waals surface area contributed by atoms with Crippen LogP contribution in [-0.4, -0.2) is 18.1 Å². The molecule has 5 heteroatoms. The van der Waals surface area contributed by atoms with Gasteiger partial charge in [-0.1, -0.05) is 6.07 Å². The van der Waals surface area contributed by atoms with Gasteiger partial charge in [0.15, 0.2) is 0 Å². The number of benzene rings is 1. The van der Waals surface area contributed by atoms with Crippen LogP contribution in [0.1, 0.15) is 21.7 Å². The number of carbonyl (C=O) groups excluding carboxylic acids is 1. The molecule has 0 bridgehead atoms. The number of aryl methyl sites for hydroxylation is 1. The van der Waals surface area contributed by atoms with Gasteiger partial charge in [-0.25, -0.2) is 4.79 Å². The summed E-state index contributed by atoms with van der Waals surface area (Å²) < 4.78 is 5.66. The Morgan fingerprint density at radius 2 is 2.16 bits per heavy atom. The molecule has 100 valence electrons. The highest BCUT2D eigenvalue weighted by atomic mass is 79.9. The predicted molar refractivity (Wildman–Crippen MR) is 78.3 cm³/mol. The van der Waals surface area contributed by atoms with Crippen LogP contribution in [0.4, 0.5) is 5.69 Å². The fraction of sp³-hybridized carbons (Fsp3) is 0.214. The van der Waals surface area contributed by atoms with Crippen LogP contribution in [0.2, 0.25) is 0 Å². The van der Waals surface area contributed by atoms with Crippen LogP contribution in [-0.2, 0) is 11.3 Å². The van der Waals surface area contributed by atoms with E-state index < -0.39 is 0 Å². The molecular weight excluding hydrogens is 308 g/mol. The van der Waals surface area contributed by atoms with Gasteiger partial charge < -0.3 is 15.0 Å². The number of ether oxygens (including phenoxy) is 1. The molecule has 0 amide bonds. The number of aromatic nitrogens is 1. The molecule has 0 unspecified atom stereocenters. The van der Waals surface area contributed by atoms with E-state index in [4.69, 9.17) is 0 Å². The van der Waals surface area contributed by atoms with Crippen molar-refractivity contribution in [2.45, 2.75) is 13.5 Å². The van der Waals surface area contributed by atoms with Crippen LogP contribution < -0.4 is 5.32 Å². The minimum atomic E-state index is -0.358. The first kappa shape index (κ1) is 13.7. The summed E-state index contributed by atoms with van der Waals surface area (Å²) in [6, 6.07) is 9.69. The molecule has 0 saturated heterocycles. The smallest absolute Gasteiger partial charge is 0.354 e. The summed E-state index contributed by atoms with van der Waals surface area (Å²) in [6.45, 7) is 2.65. The van der Waals surface area contributed by atoms with E-state index in [9.17, 15) is 4.79 Å². The van der Waals surface area contributed by atoms with E-state index in [1.807, 2.05) is 25.1 Å². The van der Waals surface area contributed by atoms with Crippen molar-refractivity contribution >= 4 is 27.6 Å². The van der Waals surface area contributed by atoms with E-state index >= 15 is 0 Å². The van der Waals surface area contributed by atoms with Crippen molar-refractivity contribution in [1.29, 1.82) is 0 Å². The topological polar surface area (TPSA) is 54.1 Å². The molecule has 0 atom stereocenters. The first-order valence-corrected chi connectivity index (χ1v) is 6.65. The van der Waals surface area contributed by atoms with E-state index in [1.54, 1.807) is 6.07 Å². The summed E-state index contributed by atoms with van der Waals surface area (Å²) in [7, 11) is 1.37. The monoisotopic (exact) mass is 322 g/mol. The van der Waals surface area contributed by atoms with Gasteiger partial charge in [-0.05, 0) is 52.7 Å². The number of H-pyrrole nitrogens is 1. The van der Waals surface area contributed by atoms with Crippen LogP contribution in [0.15, 0.2) is 34.8 Å². The minimum Gasteiger partial charge on any atom is -0.464 e. The molecule has 0 spiro atoms. The maximum Gasteiger partial charge on any atom is 0.354 e. The lowest BCUT2D eigenvalue weighted by Gasteiger charge is -2.08. The van der Waals surface area contributed by atoms with E-state index in [2.05, 4.69) is 37.0 Å². The van der Waals surface area contributed by atoms with Crippen molar-refractivity contribution in [2.75, 3.05) is 12.4 Å². The first-order chi connectivity index (χ1) is 9.10.